The molecular formula is C42H32N4. The van der Waals surface area contributed by atoms with Gasteiger partial charge in [0, 0.05) is 40.4 Å². The Bertz CT molecular complexity index is 2240. The van der Waals surface area contributed by atoms with E-state index in [1.54, 1.807) is 0 Å². The normalized spacial score (nSPS) is 18.3. The molecule has 2 unspecified atom stereocenters. The number of aromatic nitrogens is 2. The van der Waals surface area contributed by atoms with Crippen molar-refractivity contribution in [1.82, 2.24) is 9.55 Å². The first-order valence-corrected chi connectivity index (χ1v) is 15.9. The summed E-state index contributed by atoms with van der Waals surface area (Å²) in [5.41, 5.74) is 12.9. The largest absolute Gasteiger partial charge is 0.331 e. The van der Waals surface area contributed by atoms with Crippen molar-refractivity contribution in [3.8, 4) is 16.8 Å². The van der Waals surface area contributed by atoms with Crippen LogP contribution in [-0.4, -0.2) is 21.8 Å². The maximum atomic E-state index is 4.92. The molecule has 2 aromatic heterocycles. The Kier molecular flexibility index (Phi) is 6.04. The van der Waals surface area contributed by atoms with Crippen LogP contribution in [-0.2, 0) is 12.0 Å². The molecule has 2 atom stereocenters. The lowest BCUT2D eigenvalue weighted by molar-refractivity contribution is 0.469. The third-order valence-corrected chi connectivity index (χ3v) is 9.75. The van der Waals surface area contributed by atoms with E-state index in [-0.39, 0.29) is 11.6 Å². The van der Waals surface area contributed by atoms with Crippen LogP contribution >= 0.6 is 0 Å². The molecule has 0 bridgehead atoms. The number of benzene rings is 5. The fraction of sp³-hybridized carbons (Fsp3) is 0.0952. The van der Waals surface area contributed by atoms with E-state index in [1.165, 1.54) is 50.1 Å². The van der Waals surface area contributed by atoms with Crippen molar-refractivity contribution in [3.63, 3.8) is 0 Å². The molecule has 0 aliphatic carbocycles. The highest BCUT2D eigenvalue weighted by atomic mass is 15.2. The number of fused-ring (bicyclic) bond motifs is 6. The van der Waals surface area contributed by atoms with E-state index in [0.717, 1.165) is 23.1 Å². The molecule has 2 aliphatic heterocycles. The van der Waals surface area contributed by atoms with Gasteiger partial charge in [-0.1, -0.05) is 91.0 Å². The molecule has 7 aromatic rings. The molecule has 0 saturated heterocycles. The van der Waals surface area contributed by atoms with E-state index in [9.17, 15) is 0 Å². The van der Waals surface area contributed by atoms with Crippen LogP contribution in [0.4, 0.5) is 11.4 Å². The summed E-state index contributed by atoms with van der Waals surface area (Å²) in [5.74, 6) is 0. The van der Waals surface area contributed by atoms with Gasteiger partial charge in [0.25, 0.3) is 0 Å². The number of para-hydroxylation sites is 2. The zero-order valence-corrected chi connectivity index (χ0v) is 25.6. The van der Waals surface area contributed by atoms with Gasteiger partial charge in [-0.3, -0.25) is 9.98 Å². The predicted molar refractivity (Wildman–Crippen MR) is 191 cm³/mol. The summed E-state index contributed by atoms with van der Waals surface area (Å²) in [5, 5.41) is 1.17. The number of allylic oxidation sites excluding steroid dienone is 1. The molecular weight excluding hydrogens is 560 g/mol. The molecule has 5 aromatic carbocycles. The highest BCUT2D eigenvalue weighted by Gasteiger charge is 2.47. The standard InChI is InChI=1S/C42H32N4/c1-42-36-9-3-5-11-38(36)46(40(42)13-7-27-44-42)34-22-16-30(17-23-34)28-29-14-18-31(19-15-29)32-20-24-33(25-21-32)45-37-10-4-2-8-35(37)41-39(45)12-6-26-43-41/h2-27,40H,28H2,1H3. The van der Waals surface area contributed by atoms with E-state index >= 15 is 0 Å². The van der Waals surface area contributed by atoms with Crippen molar-refractivity contribution >= 4 is 39.5 Å². The highest BCUT2D eigenvalue weighted by molar-refractivity contribution is 6.06. The quantitative estimate of drug-likeness (QED) is 0.199. The van der Waals surface area contributed by atoms with Gasteiger partial charge in [-0.2, -0.15) is 0 Å². The molecule has 0 saturated carbocycles. The van der Waals surface area contributed by atoms with Crippen molar-refractivity contribution in [2.45, 2.75) is 24.9 Å². The van der Waals surface area contributed by atoms with Crippen LogP contribution < -0.4 is 4.90 Å². The maximum absolute atomic E-state index is 4.92. The fourth-order valence-corrected chi connectivity index (χ4v) is 7.43. The van der Waals surface area contributed by atoms with Crippen molar-refractivity contribution < 1.29 is 0 Å². The third kappa shape index (κ3) is 4.14. The summed E-state index contributed by atoms with van der Waals surface area (Å²) in [4.78, 5) is 12.0. The van der Waals surface area contributed by atoms with E-state index in [2.05, 4.69) is 161 Å². The zero-order chi connectivity index (χ0) is 30.7. The molecule has 220 valence electrons. The molecule has 4 nitrogen and oxygen atoms in total. The Morgan fingerprint density at radius 1 is 0.652 bits per heavy atom. The molecule has 46 heavy (non-hydrogen) atoms. The SMILES string of the molecule is CC12N=CC=CC1N(c1ccc(Cc3ccc(-c4ccc(-n5c6ccccc6c6ncccc65)cc4)cc3)cc1)c1ccccc12. The number of hydrogen-bond acceptors (Lipinski definition) is 3. The summed E-state index contributed by atoms with van der Waals surface area (Å²) in [7, 11) is 0. The molecule has 4 heteroatoms. The Hall–Kier alpha value is -5.74. The first-order chi connectivity index (χ1) is 22.7. The van der Waals surface area contributed by atoms with Crippen molar-refractivity contribution in [2.75, 3.05) is 4.90 Å². The third-order valence-electron chi connectivity index (χ3n) is 9.75. The number of pyridine rings is 1. The first kappa shape index (κ1) is 26.6. The Balaban J connectivity index is 0.942. The van der Waals surface area contributed by atoms with Crippen LogP contribution in [0, 0.1) is 0 Å². The molecule has 4 heterocycles. The summed E-state index contributed by atoms with van der Waals surface area (Å²) >= 11 is 0. The van der Waals surface area contributed by atoms with Crippen LogP contribution in [0.25, 0.3) is 38.8 Å². The predicted octanol–water partition coefficient (Wildman–Crippen LogP) is 9.81. The number of hydrogen-bond donors (Lipinski definition) is 0. The summed E-state index contributed by atoms with van der Waals surface area (Å²) in [6, 6.07) is 48.4. The van der Waals surface area contributed by atoms with E-state index in [0.29, 0.717) is 0 Å². The summed E-state index contributed by atoms with van der Waals surface area (Å²) < 4.78 is 2.30. The van der Waals surface area contributed by atoms with Gasteiger partial charge < -0.3 is 9.47 Å². The topological polar surface area (TPSA) is 33.4 Å². The monoisotopic (exact) mass is 592 g/mol. The van der Waals surface area contributed by atoms with Crippen LogP contribution in [0.3, 0.4) is 0 Å². The summed E-state index contributed by atoms with van der Waals surface area (Å²) in [6.07, 6.45) is 9.04. The van der Waals surface area contributed by atoms with Gasteiger partial charge in [0.05, 0.1) is 22.6 Å². The highest BCUT2D eigenvalue weighted by Crippen LogP contribution is 2.50. The fourth-order valence-electron chi connectivity index (χ4n) is 7.43. The van der Waals surface area contributed by atoms with E-state index in [4.69, 9.17) is 4.99 Å². The number of dihydropyridines is 1. The average Bonchev–Trinajstić information content (AvgIpc) is 3.59. The second kappa shape index (κ2) is 10.4. The smallest absolute Gasteiger partial charge is 0.109 e. The number of anilines is 2. The number of rotatable bonds is 5. The molecule has 2 aliphatic rings. The van der Waals surface area contributed by atoms with E-state index in [1.807, 2.05) is 18.5 Å². The van der Waals surface area contributed by atoms with Crippen molar-refractivity contribution in [1.29, 1.82) is 0 Å². The van der Waals surface area contributed by atoms with Gasteiger partial charge in [0.15, 0.2) is 0 Å². The molecule has 0 fully saturated rings. The Morgan fingerprint density at radius 2 is 1.30 bits per heavy atom. The van der Waals surface area contributed by atoms with Crippen LogP contribution in [0.1, 0.15) is 23.6 Å². The van der Waals surface area contributed by atoms with Gasteiger partial charge in [-0.05, 0) is 90.2 Å². The second-order valence-electron chi connectivity index (χ2n) is 12.5. The van der Waals surface area contributed by atoms with Crippen molar-refractivity contribution in [3.05, 3.63) is 168 Å². The summed E-state index contributed by atoms with van der Waals surface area (Å²) in [6.45, 7) is 2.24. The Labute approximate surface area is 268 Å². The average molecular weight is 593 g/mol. The zero-order valence-electron chi connectivity index (χ0n) is 25.6. The molecule has 0 amide bonds. The van der Waals surface area contributed by atoms with Crippen LogP contribution in [0.5, 0.6) is 0 Å². The van der Waals surface area contributed by atoms with Gasteiger partial charge in [-0.25, -0.2) is 0 Å². The lowest BCUT2D eigenvalue weighted by Gasteiger charge is -2.33. The maximum Gasteiger partial charge on any atom is 0.109 e. The minimum Gasteiger partial charge on any atom is -0.331 e. The van der Waals surface area contributed by atoms with Crippen LogP contribution in [0.2, 0.25) is 0 Å². The number of aliphatic imine (C=N–C) groups is 1. The lowest BCUT2D eigenvalue weighted by atomic mass is 9.87. The molecule has 9 rings (SSSR count). The second-order valence-corrected chi connectivity index (χ2v) is 12.5. The lowest BCUT2D eigenvalue weighted by Crippen LogP contribution is -2.39. The minimum absolute atomic E-state index is 0.168. The van der Waals surface area contributed by atoms with Crippen LogP contribution in [0.15, 0.2) is 157 Å². The minimum atomic E-state index is -0.269. The van der Waals surface area contributed by atoms with E-state index < -0.39 is 0 Å². The van der Waals surface area contributed by atoms with Gasteiger partial charge in [-0.15, -0.1) is 0 Å². The van der Waals surface area contributed by atoms with Gasteiger partial charge in [0.2, 0.25) is 0 Å². The molecule has 0 N–H and O–H groups in total. The molecule has 0 spiro atoms. The van der Waals surface area contributed by atoms with Crippen molar-refractivity contribution in [2.24, 2.45) is 4.99 Å². The first-order valence-electron chi connectivity index (χ1n) is 15.9. The van der Waals surface area contributed by atoms with Gasteiger partial charge >= 0.3 is 0 Å². The van der Waals surface area contributed by atoms with Gasteiger partial charge in [0.1, 0.15) is 5.54 Å². The Morgan fingerprint density at radius 3 is 2.11 bits per heavy atom. The molecule has 0 radical (unpaired) electrons. The number of nitrogens with zero attached hydrogens (tertiary/aromatic N) is 4.